The Kier molecular flexibility index (Phi) is 2.53. The summed E-state index contributed by atoms with van der Waals surface area (Å²) >= 11 is 1.43. The fourth-order valence-corrected chi connectivity index (χ4v) is 1.18. The summed E-state index contributed by atoms with van der Waals surface area (Å²) in [5.41, 5.74) is 0. The number of nitrogens with zero attached hydrogens (tertiary/aromatic N) is 2. The van der Waals surface area contributed by atoms with Gasteiger partial charge in [0, 0.05) is 6.92 Å². The van der Waals surface area contributed by atoms with Gasteiger partial charge in [0.1, 0.15) is 11.6 Å². The Hall–Kier alpha value is -0.970. The molecule has 0 saturated carbocycles. The number of carbonyl (C=O) groups excluding carboxylic acids is 1. The van der Waals surface area contributed by atoms with Gasteiger partial charge in [0.2, 0.25) is 0 Å². The SMILES string of the molecule is CC(=O)OCc1nnc(C)s1. The zero-order chi connectivity index (χ0) is 8.27. The second-order valence-electron chi connectivity index (χ2n) is 2.00. The minimum Gasteiger partial charge on any atom is -0.458 e. The van der Waals surface area contributed by atoms with Gasteiger partial charge in [-0.3, -0.25) is 4.79 Å². The highest BCUT2D eigenvalue weighted by molar-refractivity contribution is 7.11. The summed E-state index contributed by atoms with van der Waals surface area (Å²) in [5, 5.41) is 9.17. The Morgan fingerprint density at radius 3 is 2.82 bits per heavy atom. The molecule has 0 unspecified atom stereocenters. The van der Waals surface area contributed by atoms with E-state index in [2.05, 4.69) is 10.2 Å². The van der Waals surface area contributed by atoms with Gasteiger partial charge >= 0.3 is 5.97 Å². The second kappa shape index (κ2) is 3.43. The average Bonchev–Trinajstić information content (AvgIpc) is 2.31. The third-order valence-electron chi connectivity index (χ3n) is 0.967. The number of carbonyl (C=O) groups is 1. The summed E-state index contributed by atoms with van der Waals surface area (Å²) in [6.07, 6.45) is 0. The topological polar surface area (TPSA) is 52.1 Å². The van der Waals surface area contributed by atoms with Crippen LogP contribution in [0.5, 0.6) is 0 Å². The third-order valence-corrected chi connectivity index (χ3v) is 1.78. The van der Waals surface area contributed by atoms with E-state index in [1.165, 1.54) is 18.3 Å². The van der Waals surface area contributed by atoms with Crippen LogP contribution in [0.15, 0.2) is 0 Å². The van der Waals surface area contributed by atoms with Gasteiger partial charge in [-0.15, -0.1) is 10.2 Å². The lowest BCUT2D eigenvalue weighted by atomic mass is 10.7. The van der Waals surface area contributed by atoms with Crippen LogP contribution in [0.2, 0.25) is 0 Å². The Balaban J connectivity index is 2.45. The summed E-state index contributed by atoms with van der Waals surface area (Å²) < 4.78 is 4.71. The molecular formula is C6H8N2O2S. The predicted octanol–water partition coefficient (Wildman–Crippen LogP) is 0.910. The first-order valence-electron chi connectivity index (χ1n) is 3.11. The van der Waals surface area contributed by atoms with E-state index in [0.717, 1.165) is 10.0 Å². The number of esters is 1. The van der Waals surface area contributed by atoms with Crippen molar-refractivity contribution < 1.29 is 9.53 Å². The van der Waals surface area contributed by atoms with Gasteiger partial charge in [0.05, 0.1) is 0 Å². The maximum absolute atomic E-state index is 10.4. The standard InChI is InChI=1S/C6H8N2O2S/c1-4-7-8-6(11-4)3-10-5(2)9/h3H2,1-2H3. The molecule has 0 fully saturated rings. The van der Waals surface area contributed by atoms with Gasteiger partial charge in [0.25, 0.3) is 0 Å². The molecule has 0 atom stereocenters. The molecule has 0 radical (unpaired) electrons. The highest BCUT2D eigenvalue weighted by Gasteiger charge is 2.01. The molecule has 0 aliphatic carbocycles. The smallest absolute Gasteiger partial charge is 0.303 e. The van der Waals surface area contributed by atoms with Crippen molar-refractivity contribution in [2.75, 3.05) is 0 Å². The number of hydrogen-bond acceptors (Lipinski definition) is 5. The van der Waals surface area contributed by atoms with E-state index in [9.17, 15) is 4.79 Å². The Labute approximate surface area is 68.2 Å². The van der Waals surface area contributed by atoms with E-state index in [-0.39, 0.29) is 12.6 Å². The molecule has 1 heterocycles. The summed E-state index contributed by atoms with van der Waals surface area (Å²) in [5.74, 6) is -0.294. The van der Waals surface area contributed by atoms with Crippen LogP contribution in [0.4, 0.5) is 0 Å². The van der Waals surface area contributed by atoms with E-state index in [0.29, 0.717) is 0 Å². The summed E-state index contributed by atoms with van der Waals surface area (Å²) in [4.78, 5) is 10.4. The molecule has 0 spiro atoms. The molecule has 5 heteroatoms. The minimum atomic E-state index is -0.294. The number of ether oxygens (including phenoxy) is 1. The molecule has 0 aliphatic rings. The molecule has 1 aromatic heterocycles. The molecule has 0 amide bonds. The van der Waals surface area contributed by atoms with Crippen LogP contribution in [0, 0.1) is 6.92 Å². The maximum atomic E-state index is 10.4. The number of rotatable bonds is 2. The molecule has 0 N–H and O–H groups in total. The Bertz CT molecular complexity index is 259. The fourth-order valence-electron chi connectivity index (χ4n) is 0.559. The van der Waals surface area contributed by atoms with Gasteiger partial charge in [-0.25, -0.2) is 0 Å². The van der Waals surface area contributed by atoms with Crippen LogP contribution >= 0.6 is 11.3 Å². The van der Waals surface area contributed by atoms with Crippen LogP contribution < -0.4 is 0 Å². The molecule has 0 bridgehead atoms. The number of hydrogen-bond donors (Lipinski definition) is 0. The van der Waals surface area contributed by atoms with Gasteiger partial charge in [-0.05, 0) is 6.92 Å². The van der Waals surface area contributed by atoms with Crippen molar-refractivity contribution >= 4 is 17.3 Å². The van der Waals surface area contributed by atoms with Gasteiger partial charge < -0.3 is 4.74 Å². The Morgan fingerprint density at radius 2 is 2.36 bits per heavy atom. The van der Waals surface area contributed by atoms with Crippen molar-refractivity contribution in [1.82, 2.24) is 10.2 Å². The molecule has 11 heavy (non-hydrogen) atoms. The van der Waals surface area contributed by atoms with E-state index in [1.54, 1.807) is 0 Å². The summed E-state index contributed by atoms with van der Waals surface area (Å²) in [7, 11) is 0. The van der Waals surface area contributed by atoms with Crippen molar-refractivity contribution in [2.24, 2.45) is 0 Å². The van der Waals surface area contributed by atoms with Crippen LogP contribution in [0.1, 0.15) is 16.9 Å². The minimum absolute atomic E-state index is 0.237. The fraction of sp³-hybridized carbons (Fsp3) is 0.500. The second-order valence-corrected chi connectivity index (χ2v) is 3.26. The van der Waals surface area contributed by atoms with E-state index < -0.39 is 0 Å². The number of aryl methyl sites for hydroxylation is 1. The van der Waals surface area contributed by atoms with Gasteiger partial charge in [-0.2, -0.15) is 0 Å². The van der Waals surface area contributed by atoms with E-state index in [4.69, 9.17) is 4.74 Å². The molecule has 4 nitrogen and oxygen atoms in total. The maximum Gasteiger partial charge on any atom is 0.303 e. The van der Waals surface area contributed by atoms with Crippen molar-refractivity contribution in [2.45, 2.75) is 20.5 Å². The lowest BCUT2D eigenvalue weighted by Crippen LogP contribution is -1.97. The van der Waals surface area contributed by atoms with Gasteiger partial charge in [-0.1, -0.05) is 11.3 Å². The lowest BCUT2D eigenvalue weighted by Gasteiger charge is -1.94. The molecule has 1 rings (SSSR count). The Morgan fingerprint density at radius 1 is 1.64 bits per heavy atom. The monoisotopic (exact) mass is 172 g/mol. The van der Waals surface area contributed by atoms with Crippen molar-refractivity contribution in [1.29, 1.82) is 0 Å². The van der Waals surface area contributed by atoms with Crippen LogP contribution in [-0.2, 0) is 16.1 Å². The molecule has 0 aromatic carbocycles. The van der Waals surface area contributed by atoms with Crippen LogP contribution in [0.25, 0.3) is 0 Å². The lowest BCUT2D eigenvalue weighted by molar-refractivity contribution is -0.142. The van der Waals surface area contributed by atoms with Crippen molar-refractivity contribution in [3.63, 3.8) is 0 Å². The molecule has 1 aromatic rings. The molecule has 0 aliphatic heterocycles. The van der Waals surface area contributed by atoms with Crippen LogP contribution in [0.3, 0.4) is 0 Å². The molecule has 0 saturated heterocycles. The zero-order valence-electron chi connectivity index (χ0n) is 6.33. The van der Waals surface area contributed by atoms with Crippen LogP contribution in [-0.4, -0.2) is 16.2 Å². The highest BCUT2D eigenvalue weighted by Crippen LogP contribution is 2.08. The van der Waals surface area contributed by atoms with Crippen molar-refractivity contribution in [3.8, 4) is 0 Å². The molecule has 60 valence electrons. The quantitative estimate of drug-likeness (QED) is 0.622. The predicted molar refractivity (Wildman–Crippen MR) is 40.1 cm³/mol. The number of aromatic nitrogens is 2. The van der Waals surface area contributed by atoms with Gasteiger partial charge in [0.15, 0.2) is 5.01 Å². The zero-order valence-corrected chi connectivity index (χ0v) is 7.14. The largest absolute Gasteiger partial charge is 0.458 e. The van der Waals surface area contributed by atoms with Crippen molar-refractivity contribution in [3.05, 3.63) is 10.0 Å². The average molecular weight is 172 g/mol. The summed E-state index contributed by atoms with van der Waals surface area (Å²) in [6.45, 7) is 3.46. The van der Waals surface area contributed by atoms with E-state index in [1.807, 2.05) is 6.92 Å². The van der Waals surface area contributed by atoms with E-state index >= 15 is 0 Å². The first-order valence-corrected chi connectivity index (χ1v) is 3.92. The normalized spacial score (nSPS) is 9.64. The third kappa shape index (κ3) is 2.63. The summed E-state index contributed by atoms with van der Waals surface area (Å²) in [6, 6.07) is 0. The molecular weight excluding hydrogens is 164 g/mol. The highest BCUT2D eigenvalue weighted by atomic mass is 32.1. The first kappa shape index (κ1) is 8.13. The first-order chi connectivity index (χ1) is 5.18.